The molecule has 4 aromatic rings. The highest BCUT2D eigenvalue weighted by molar-refractivity contribution is 5.91. The fourth-order valence-corrected chi connectivity index (χ4v) is 3.03. The van der Waals surface area contributed by atoms with Gasteiger partial charge in [0.25, 0.3) is 5.56 Å². The van der Waals surface area contributed by atoms with Crippen LogP contribution >= 0.6 is 0 Å². The Kier molecular flexibility index (Phi) is 4.25. The number of carbonyl (C=O) groups excluding carboxylic acids is 1. The lowest BCUT2D eigenvalue weighted by Gasteiger charge is -2.10. The predicted molar refractivity (Wildman–Crippen MR) is 103 cm³/mol. The van der Waals surface area contributed by atoms with E-state index in [4.69, 9.17) is 0 Å². The van der Waals surface area contributed by atoms with Crippen molar-refractivity contribution in [1.82, 2.24) is 20.0 Å². The second-order valence-corrected chi connectivity index (χ2v) is 6.19. The lowest BCUT2D eigenvalue weighted by Crippen LogP contribution is -2.30. The molecule has 134 valence electrons. The fourth-order valence-electron chi connectivity index (χ4n) is 3.03. The molecule has 0 aliphatic heterocycles. The van der Waals surface area contributed by atoms with Gasteiger partial charge in [0.15, 0.2) is 0 Å². The maximum Gasteiger partial charge on any atom is 0.275 e. The Balaban J connectivity index is 1.57. The summed E-state index contributed by atoms with van der Waals surface area (Å²) in [6, 6.07) is 16.5. The third-order valence-corrected chi connectivity index (χ3v) is 4.30. The van der Waals surface area contributed by atoms with Gasteiger partial charge in [0.1, 0.15) is 6.54 Å². The number of H-pyrrole nitrogens is 1. The van der Waals surface area contributed by atoms with Crippen molar-refractivity contribution in [2.24, 2.45) is 0 Å². The van der Waals surface area contributed by atoms with E-state index >= 15 is 0 Å². The quantitative estimate of drug-likeness (QED) is 0.586. The number of aromatic nitrogens is 4. The molecule has 0 bridgehead atoms. The van der Waals surface area contributed by atoms with Crippen molar-refractivity contribution in [3.05, 3.63) is 76.8 Å². The van der Waals surface area contributed by atoms with Gasteiger partial charge in [0.2, 0.25) is 5.91 Å². The molecule has 0 aliphatic carbocycles. The first-order chi connectivity index (χ1) is 13.1. The Morgan fingerprint density at radius 1 is 1.11 bits per heavy atom. The zero-order valence-electron chi connectivity index (χ0n) is 14.6. The Bertz CT molecular complexity index is 1180. The molecule has 0 atom stereocenters. The van der Waals surface area contributed by atoms with Crippen LogP contribution in [0.15, 0.2) is 65.6 Å². The number of rotatable bonds is 4. The van der Waals surface area contributed by atoms with E-state index in [-0.39, 0.29) is 18.0 Å². The van der Waals surface area contributed by atoms with Gasteiger partial charge in [-0.05, 0) is 31.2 Å². The lowest BCUT2D eigenvalue weighted by atomic mass is 10.1. The molecule has 0 saturated heterocycles. The van der Waals surface area contributed by atoms with Crippen LogP contribution in [-0.2, 0) is 11.3 Å². The van der Waals surface area contributed by atoms with E-state index in [0.717, 1.165) is 16.6 Å². The SMILES string of the molecule is Cc1nn(CC(=O)Nc2cccc(-c3ccn[nH]3)c2)c(=O)c2ccccc12. The molecule has 2 aromatic carbocycles. The number of aryl methyl sites for hydroxylation is 1. The van der Waals surface area contributed by atoms with Crippen LogP contribution in [0.5, 0.6) is 0 Å². The summed E-state index contributed by atoms with van der Waals surface area (Å²) in [6.45, 7) is 1.67. The number of hydrogen-bond donors (Lipinski definition) is 2. The molecule has 0 saturated carbocycles. The van der Waals surface area contributed by atoms with Gasteiger partial charge >= 0.3 is 0 Å². The first kappa shape index (κ1) is 16.7. The van der Waals surface area contributed by atoms with Crippen LogP contribution in [0.1, 0.15) is 5.69 Å². The number of hydrogen-bond acceptors (Lipinski definition) is 4. The predicted octanol–water partition coefficient (Wildman–Crippen LogP) is 2.73. The summed E-state index contributed by atoms with van der Waals surface area (Å²) in [7, 11) is 0. The number of nitrogens with one attached hydrogen (secondary N) is 2. The van der Waals surface area contributed by atoms with Gasteiger partial charge in [-0.25, -0.2) is 4.68 Å². The van der Waals surface area contributed by atoms with E-state index in [1.165, 1.54) is 4.68 Å². The molecule has 2 N–H and O–H groups in total. The van der Waals surface area contributed by atoms with Crippen LogP contribution in [0.3, 0.4) is 0 Å². The Morgan fingerprint density at radius 2 is 1.93 bits per heavy atom. The Labute approximate surface area is 154 Å². The molecular formula is C20H17N5O2. The first-order valence-corrected chi connectivity index (χ1v) is 8.48. The van der Waals surface area contributed by atoms with Gasteiger partial charge in [0.05, 0.1) is 16.8 Å². The monoisotopic (exact) mass is 359 g/mol. The number of anilines is 1. The fraction of sp³-hybridized carbons (Fsp3) is 0.100. The third-order valence-electron chi connectivity index (χ3n) is 4.30. The second-order valence-electron chi connectivity index (χ2n) is 6.19. The molecule has 27 heavy (non-hydrogen) atoms. The van der Waals surface area contributed by atoms with Gasteiger partial charge in [-0.1, -0.05) is 30.3 Å². The summed E-state index contributed by atoms with van der Waals surface area (Å²) in [6.07, 6.45) is 1.67. The van der Waals surface area contributed by atoms with Gasteiger partial charge < -0.3 is 5.32 Å². The van der Waals surface area contributed by atoms with E-state index < -0.39 is 0 Å². The van der Waals surface area contributed by atoms with E-state index in [0.29, 0.717) is 16.8 Å². The summed E-state index contributed by atoms with van der Waals surface area (Å²) >= 11 is 0. The minimum atomic E-state index is -0.318. The molecule has 0 spiro atoms. The molecule has 2 aromatic heterocycles. The average molecular weight is 359 g/mol. The summed E-state index contributed by atoms with van der Waals surface area (Å²) in [5, 5.41) is 15.3. The van der Waals surface area contributed by atoms with Crippen LogP contribution in [0.25, 0.3) is 22.0 Å². The van der Waals surface area contributed by atoms with Crippen molar-refractivity contribution in [1.29, 1.82) is 0 Å². The molecular weight excluding hydrogens is 342 g/mol. The molecule has 7 heteroatoms. The van der Waals surface area contributed by atoms with Crippen molar-refractivity contribution in [2.75, 3.05) is 5.32 Å². The number of carbonyl (C=O) groups is 1. The Hall–Kier alpha value is -3.74. The standard InChI is InChI=1S/C20H17N5O2/c1-13-16-7-2-3-8-17(16)20(27)25(24-13)12-19(26)22-15-6-4-5-14(11-15)18-9-10-21-23-18/h2-11H,12H2,1H3,(H,21,23)(H,22,26). The zero-order chi connectivity index (χ0) is 18.8. The van der Waals surface area contributed by atoms with E-state index in [1.807, 2.05) is 43.3 Å². The minimum absolute atomic E-state index is 0.154. The van der Waals surface area contributed by atoms with E-state index in [9.17, 15) is 9.59 Å². The van der Waals surface area contributed by atoms with Crippen LogP contribution in [-0.4, -0.2) is 25.9 Å². The largest absolute Gasteiger partial charge is 0.324 e. The molecule has 1 amide bonds. The van der Waals surface area contributed by atoms with E-state index in [1.54, 1.807) is 24.4 Å². The highest BCUT2D eigenvalue weighted by Crippen LogP contribution is 2.20. The summed E-state index contributed by atoms with van der Waals surface area (Å²) in [5.41, 5.74) is 2.82. The first-order valence-electron chi connectivity index (χ1n) is 8.48. The van der Waals surface area contributed by atoms with Crippen molar-refractivity contribution < 1.29 is 4.79 Å². The summed E-state index contributed by atoms with van der Waals surface area (Å²) in [5.74, 6) is -0.318. The van der Waals surface area contributed by atoms with Crippen LogP contribution in [0, 0.1) is 6.92 Å². The van der Waals surface area contributed by atoms with Gasteiger partial charge in [-0.15, -0.1) is 0 Å². The highest BCUT2D eigenvalue weighted by atomic mass is 16.2. The molecule has 0 radical (unpaired) electrons. The van der Waals surface area contributed by atoms with Crippen LogP contribution in [0.2, 0.25) is 0 Å². The number of amides is 1. The van der Waals surface area contributed by atoms with Crippen molar-refractivity contribution >= 4 is 22.4 Å². The number of nitrogens with zero attached hydrogens (tertiary/aromatic N) is 3. The minimum Gasteiger partial charge on any atom is -0.324 e. The van der Waals surface area contributed by atoms with Crippen molar-refractivity contribution in [3.63, 3.8) is 0 Å². The number of benzene rings is 2. The van der Waals surface area contributed by atoms with E-state index in [2.05, 4.69) is 20.6 Å². The molecule has 0 unspecified atom stereocenters. The third kappa shape index (κ3) is 3.35. The average Bonchev–Trinajstić information content (AvgIpc) is 3.21. The second kappa shape index (κ2) is 6.87. The topological polar surface area (TPSA) is 92.7 Å². The van der Waals surface area contributed by atoms with Gasteiger partial charge in [0, 0.05) is 22.8 Å². The maximum atomic E-state index is 12.6. The number of aromatic amines is 1. The normalized spacial score (nSPS) is 10.9. The zero-order valence-corrected chi connectivity index (χ0v) is 14.6. The summed E-state index contributed by atoms with van der Waals surface area (Å²) < 4.78 is 1.20. The highest BCUT2D eigenvalue weighted by Gasteiger charge is 2.11. The van der Waals surface area contributed by atoms with Gasteiger partial charge in [-0.3, -0.25) is 14.7 Å². The maximum absolute atomic E-state index is 12.6. The molecule has 0 fully saturated rings. The van der Waals surface area contributed by atoms with Crippen molar-refractivity contribution in [2.45, 2.75) is 13.5 Å². The Morgan fingerprint density at radius 3 is 2.70 bits per heavy atom. The number of fused-ring (bicyclic) bond motifs is 1. The molecule has 4 rings (SSSR count). The van der Waals surface area contributed by atoms with Gasteiger partial charge in [-0.2, -0.15) is 10.2 Å². The summed E-state index contributed by atoms with van der Waals surface area (Å²) in [4.78, 5) is 25.0. The smallest absolute Gasteiger partial charge is 0.275 e. The van der Waals surface area contributed by atoms with Crippen LogP contribution < -0.4 is 10.9 Å². The van der Waals surface area contributed by atoms with Crippen LogP contribution in [0.4, 0.5) is 5.69 Å². The lowest BCUT2D eigenvalue weighted by molar-refractivity contribution is -0.117. The molecule has 0 aliphatic rings. The molecule has 7 nitrogen and oxygen atoms in total. The molecule has 2 heterocycles. The van der Waals surface area contributed by atoms with Crippen molar-refractivity contribution in [3.8, 4) is 11.3 Å².